The van der Waals surface area contributed by atoms with Crippen molar-refractivity contribution in [3.05, 3.63) is 63.6 Å². The third-order valence-electron chi connectivity index (χ3n) is 4.41. The molecule has 1 amide bonds. The number of hydrogen-bond donors (Lipinski definition) is 0. The second kappa shape index (κ2) is 6.75. The Balaban J connectivity index is 1.69. The summed E-state index contributed by atoms with van der Waals surface area (Å²) in [7, 11) is 0. The van der Waals surface area contributed by atoms with Crippen LogP contribution in [0.25, 0.3) is 0 Å². The molecule has 0 saturated carbocycles. The fourth-order valence-corrected chi connectivity index (χ4v) is 3.48. The minimum atomic E-state index is 0.124. The molecule has 2 aromatic rings. The molecule has 1 saturated heterocycles. The normalized spacial score (nSPS) is 14.9. The van der Waals surface area contributed by atoms with E-state index in [2.05, 4.69) is 52.9 Å². The van der Waals surface area contributed by atoms with Crippen LogP contribution in [0.4, 0.5) is 5.69 Å². The van der Waals surface area contributed by atoms with E-state index in [0.717, 1.165) is 36.2 Å². The third-order valence-corrected chi connectivity index (χ3v) is 4.94. The number of benzene rings is 2. The summed E-state index contributed by atoms with van der Waals surface area (Å²) in [6, 6.07) is 14.0. The number of para-hydroxylation sites is 1. The van der Waals surface area contributed by atoms with Gasteiger partial charge in [0.25, 0.3) is 5.91 Å². The second-order valence-electron chi connectivity index (χ2n) is 6.03. The van der Waals surface area contributed by atoms with Crippen LogP contribution < -0.4 is 4.90 Å². The van der Waals surface area contributed by atoms with Crippen molar-refractivity contribution in [2.75, 3.05) is 31.1 Å². The van der Waals surface area contributed by atoms with Crippen molar-refractivity contribution in [3.63, 3.8) is 0 Å². The summed E-state index contributed by atoms with van der Waals surface area (Å²) in [5.74, 6) is 0.124. The van der Waals surface area contributed by atoms with E-state index in [1.54, 1.807) is 0 Å². The predicted molar refractivity (Wildman–Crippen MR) is 98.2 cm³/mol. The van der Waals surface area contributed by atoms with E-state index in [-0.39, 0.29) is 5.91 Å². The van der Waals surface area contributed by atoms with Gasteiger partial charge in [-0.05, 0) is 49.2 Å². The molecular weight excluding hydrogens is 352 g/mol. The number of piperazine rings is 1. The molecule has 0 unspecified atom stereocenters. The number of carbonyl (C=O) groups excluding carboxylic acids is 1. The largest absolute Gasteiger partial charge is 0.368 e. The molecule has 0 aromatic heterocycles. The first-order chi connectivity index (χ1) is 11.1. The van der Waals surface area contributed by atoms with Crippen LogP contribution >= 0.6 is 15.9 Å². The van der Waals surface area contributed by atoms with Crippen molar-refractivity contribution >= 4 is 27.5 Å². The first kappa shape index (κ1) is 16.1. The fraction of sp³-hybridized carbons (Fsp3) is 0.316. The highest BCUT2D eigenvalue weighted by Crippen LogP contribution is 2.26. The van der Waals surface area contributed by atoms with Gasteiger partial charge in [-0.25, -0.2) is 0 Å². The summed E-state index contributed by atoms with van der Waals surface area (Å²) >= 11 is 3.41. The maximum absolute atomic E-state index is 12.6. The van der Waals surface area contributed by atoms with Gasteiger partial charge in [0, 0.05) is 41.9 Å². The molecule has 1 heterocycles. The molecule has 0 N–H and O–H groups in total. The van der Waals surface area contributed by atoms with Crippen molar-refractivity contribution in [1.82, 2.24) is 4.90 Å². The number of hydrogen-bond acceptors (Lipinski definition) is 2. The smallest absolute Gasteiger partial charge is 0.253 e. The molecule has 0 atom stereocenters. The molecule has 3 rings (SSSR count). The number of aryl methyl sites for hydroxylation is 2. The van der Waals surface area contributed by atoms with Gasteiger partial charge in [0.05, 0.1) is 0 Å². The first-order valence-electron chi connectivity index (χ1n) is 7.92. The van der Waals surface area contributed by atoms with Crippen LogP contribution in [0, 0.1) is 13.8 Å². The zero-order chi connectivity index (χ0) is 16.4. The highest BCUT2D eigenvalue weighted by molar-refractivity contribution is 9.10. The Bertz CT molecular complexity index is 684. The van der Waals surface area contributed by atoms with Gasteiger partial charge in [0.1, 0.15) is 0 Å². The molecule has 0 aliphatic carbocycles. The topological polar surface area (TPSA) is 23.6 Å². The maximum Gasteiger partial charge on any atom is 0.253 e. The highest BCUT2D eigenvalue weighted by atomic mass is 79.9. The number of halogens is 1. The third kappa shape index (κ3) is 3.42. The van der Waals surface area contributed by atoms with Gasteiger partial charge in [0.15, 0.2) is 0 Å². The summed E-state index contributed by atoms with van der Waals surface area (Å²) < 4.78 is 0.994. The minimum Gasteiger partial charge on any atom is -0.368 e. The SMILES string of the molecule is Cc1cccc(C)c1N1CCN(C(=O)c2ccc(Br)cc2)CC1. The van der Waals surface area contributed by atoms with Gasteiger partial charge in [-0.2, -0.15) is 0 Å². The van der Waals surface area contributed by atoms with Gasteiger partial charge in [-0.1, -0.05) is 34.1 Å². The molecule has 4 heteroatoms. The molecule has 0 bridgehead atoms. The molecule has 0 spiro atoms. The average molecular weight is 373 g/mol. The Hall–Kier alpha value is -1.81. The molecule has 1 aliphatic heterocycles. The van der Waals surface area contributed by atoms with Gasteiger partial charge in [-0.15, -0.1) is 0 Å². The Morgan fingerprint density at radius 3 is 2.04 bits per heavy atom. The van der Waals surface area contributed by atoms with Crippen molar-refractivity contribution in [1.29, 1.82) is 0 Å². The molecule has 0 radical (unpaired) electrons. The van der Waals surface area contributed by atoms with Gasteiger partial charge >= 0.3 is 0 Å². The zero-order valence-electron chi connectivity index (χ0n) is 13.6. The Morgan fingerprint density at radius 2 is 1.48 bits per heavy atom. The lowest BCUT2D eigenvalue weighted by atomic mass is 10.1. The van der Waals surface area contributed by atoms with E-state index < -0.39 is 0 Å². The molecule has 120 valence electrons. The number of nitrogens with zero attached hydrogens (tertiary/aromatic N) is 2. The molecule has 2 aromatic carbocycles. The molecular formula is C19H21BrN2O. The highest BCUT2D eigenvalue weighted by Gasteiger charge is 2.23. The van der Waals surface area contributed by atoms with E-state index in [4.69, 9.17) is 0 Å². The van der Waals surface area contributed by atoms with Crippen LogP contribution in [0.5, 0.6) is 0 Å². The summed E-state index contributed by atoms with van der Waals surface area (Å²) in [5.41, 5.74) is 4.69. The average Bonchev–Trinajstić information content (AvgIpc) is 2.55. The molecule has 1 fully saturated rings. The van der Waals surface area contributed by atoms with Gasteiger partial charge in [0.2, 0.25) is 0 Å². The zero-order valence-corrected chi connectivity index (χ0v) is 15.1. The second-order valence-corrected chi connectivity index (χ2v) is 6.94. The van der Waals surface area contributed by atoms with Crippen molar-refractivity contribution < 1.29 is 4.79 Å². The number of carbonyl (C=O) groups is 1. The fourth-order valence-electron chi connectivity index (χ4n) is 3.21. The minimum absolute atomic E-state index is 0.124. The summed E-state index contributed by atoms with van der Waals surface area (Å²) in [4.78, 5) is 16.9. The molecule has 3 nitrogen and oxygen atoms in total. The van der Waals surface area contributed by atoms with E-state index in [9.17, 15) is 4.79 Å². The van der Waals surface area contributed by atoms with Crippen molar-refractivity contribution in [2.45, 2.75) is 13.8 Å². The van der Waals surface area contributed by atoms with Crippen molar-refractivity contribution in [2.24, 2.45) is 0 Å². The standard InChI is InChI=1S/C19H21BrN2O/c1-14-4-3-5-15(2)18(14)21-10-12-22(13-11-21)19(23)16-6-8-17(20)9-7-16/h3-9H,10-13H2,1-2H3. The van der Waals surface area contributed by atoms with Crippen LogP contribution in [-0.2, 0) is 0 Å². The number of amides is 1. The first-order valence-corrected chi connectivity index (χ1v) is 8.71. The lowest BCUT2D eigenvalue weighted by Gasteiger charge is -2.37. The van der Waals surface area contributed by atoms with E-state index >= 15 is 0 Å². The summed E-state index contributed by atoms with van der Waals surface area (Å²) in [5, 5.41) is 0. The van der Waals surface area contributed by atoms with E-state index in [1.165, 1.54) is 16.8 Å². The van der Waals surface area contributed by atoms with Crippen molar-refractivity contribution in [3.8, 4) is 0 Å². The van der Waals surface area contributed by atoms with E-state index in [0.29, 0.717) is 0 Å². The summed E-state index contributed by atoms with van der Waals surface area (Å²) in [6.07, 6.45) is 0. The van der Waals surface area contributed by atoms with Crippen LogP contribution in [0.15, 0.2) is 46.9 Å². The Labute approximate surface area is 146 Å². The monoisotopic (exact) mass is 372 g/mol. The van der Waals surface area contributed by atoms with E-state index in [1.807, 2.05) is 29.2 Å². The van der Waals surface area contributed by atoms with Crippen LogP contribution in [0.2, 0.25) is 0 Å². The van der Waals surface area contributed by atoms with Gasteiger partial charge < -0.3 is 9.80 Å². The Kier molecular flexibility index (Phi) is 4.71. The molecule has 1 aliphatic rings. The van der Waals surface area contributed by atoms with Gasteiger partial charge in [-0.3, -0.25) is 4.79 Å². The van der Waals surface area contributed by atoms with Crippen LogP contribution in [0.3, 0.4) is 0 Å². The lowest BCUT2D eigenvalue weighted by molar-refractivity contribution is 0.0747. The van der Waals surface area contributed by atoms with Crippen LogP contribution in [0.1, 0.15) is 21.5 Å². The summed E-state index contributed by atoms with van der Waals surface area (Å²) in [6.45, 7) is 7.61. The Morgan fingerprint density at radius 1 is 0.913 bits per heavy atom. The number of rotatable bonds is 2. The quantitative estimate of drug-likeness (QED) is 0.794. The van der Waals surface area contributed by atoms with Crippen LogP contribution in [-0.4, -0.2) is 37.0 Å². The predicted octanol–water partition coefficient (Wildman–Crippen LogP) is 4.03. The maximum atomic E-state index is 12.6. The molecule has 23 heavy (non-hydrogen) atoms. The lowest BCUT2D eigenvalue weighted by Crippen LogP contribution is -2.49. The number of anilines is 1.